The lowest BCUT2D eigenvalue weighted by Gasteiger charge is -2.33. The van der Waals surface area contributed by atoms with E-state index in [2.05, 4.69) is 5.32 Å². The standard InChI is InChI=1S/C25H33Cl2N3O5S/c1-5-7-13-28-25(32)22(6-2)29(16-18-9-8-10-20(14-18)35-3)24(31)17-30(36(4,33)34)23-15-19(26)11-12-21(23)27/h8-12,14-15,22H,5-7,13,16-17H2,1-4H3,(H,28,32). The largest absolute Gasteiger partial charge is 0.497 e. The highest BCUT2D eigenvalue weighted by molar-refractivity contribution is 7.92. The minimum atomic E-state index is -3.92. The molecule has 2 amide bonds. The van der Waals surface area contributed by atoms with Crippen LogP contribution in [0.5, 0.6) is 5.75 Å². The number of nitrogens with zero attached hydrogens (tertiary/aromatic N) is 2. The Balaban J connectivity index is 2.46. The van der Waals surface area contributed by atoms with Crippen LogP contribution >= 0.6 is 23.2 Å². The second-order valence-electron chi connectivity index (χ2n) is 8.31. The van der Waals surface area contributed by atoms with Crippen LogP contribution in [0.3, 0.4) is 0 Å². The fourth-order valence-corrected chi connectivity index (χ4v) is 4.95. The molecule has 1 N–H and O–H groups in total. The molecule has 2 aromatic carbocycles. The van der Waals surface area contributed by atoms with Crippen LogP contribution in [0.25, 0.3) is 0 Å². The van der Waals surface area contributed by atoms with Crippen molar-refractivity contribution in [3.05, 3.63) is 58.1 Å². The maximum absolute atomic E-state index is 13.7. The van der Waals surface area contributed by atoms with Crippen molar-refractivity contribution in [1.29, 1.82) is 0 Å². The van der Waals surface area contributed by atoms with E-state index in [9.17, 15) is 18.0 Å². The van der Waals surface area contributed by atoms with Crippen molar-refractivity contribution >= 4 is 50.7 Å². The molecular formula is C25H33Cl2N3O5S. The van der Waals surface area contributed by atoms with Gasteiger partial charge in [0.15, 0.2) is 0 Å². The van der Waals surface area contributed by atoms with Gasteiger partial charge in [0.2, 0.25) is 21.8 Å². The van der Waals surface area contributed by atoms with E-state index >= 15 is 0 Å². The zero-order valence-corrected chi connectivity index (χ0v) is 23.3. The van der Waals surface area contributed by atoms with Gasteiger partial charge in [-0.15, -0.1) is 0 Å². The van der Waals surface area contributed by atoms with E-state index < -0.39 is 28.5 Å². The molecule has 8 nitrogen and oxygen atoms in total. The smallest absolute Gasteiger partial charge is 0.244 e. The molecule has 2 aromatic rings. The molecule has 198 valence electrons. The van der Waals surface area contributed by atoms with E-state index in [1.807, 2.05) is 13.0 Å². The number of hydrogen-bond acceptors (Lipinski definition) is 5. The second-order valence-corrected chi connectivity index (χ2v) is 11.1. The first kappa shape index (κ1) is 29.7. The van der Waals surface area contributed by atoms with Crippen molar-refractivity contribution in [3.8, 4) is 5.75 Å². The molecule has 11 heteroatoms. The van der Waals surface area contributed by atoms with Gasteiger partial charge in [-0.25, -0.2) is 8.42 Å². The predicted molar refractivity (Wildman–Crippen MR) is 144 cm³/mol. The fourth-order valence-electron chi connectivity index (χ4n) is 3.66. The molecule has 0 saturated carbocycles. The number of carbonyl (C=O) groups excluding carboxylic acids is 2. The summed E-state index contributed by atoms with van der Waals surface area (Å²) in [6, 6.07) is 10.7. The Kier molecular flexibility index (Phi) is 11.3. The average Bonchev–Trinajstić information content (AvgIpc) is 2.83. The monoisotopic (exact) mass is 557 g/mol. The first-order valence-corrected chi connectivity index (χ1v) is 14.2. The van der Waals surface area contributed by atoms with Crippen molar-refractivity contribution < 1.29 is 22.7 Å². The molecule has 0 aliphatic rings. The third-order valence-corrected chi connectivity index (χ3v) is 7.24. The number of nitrogens with one attached hydrogen (secondary N) is 1. The summed E-state index contributed by atoms with van der Waals surface area (Å²) in [5.41, 5.74) is 0.816. The number of rotatable bonds is 13. The normalized spacial score (nSPS) is 12.1. The van der Waals surface area contributed by atoms with E-state index in [0.717, 1.165) is 29.0 Å². The number of hydrogen-bond donors (Lipinski definition) is 1. The first-order valence-electron chi connectivity index (χ1n) is 11.6. The van der Waals surface area contributed by atoms with E-state index in [1.165, 1.54) is 30.2 Å². The van der Waals surface area contributed by atoms with Crippen LogP contribution in [0, 0.1) is 0 Å². The SMILES string of the molecule is CCCCNC(=O)C(CC)N(Cc1cccc(OC)c1)C(=O)CN(c1cc(Cl)ccc1Cl)S(C)(=O)=O. The number of carbonyl (C=O) groups is 2. The van der Waals surface area contributed by atoms with E-state index in [0.29, 0.717) is 18.7 Å². The molecule has 0 aromatic heterocycles. The van der Waals surface area contributed by atoms with Crippen molar-refractivity contribution in [2.24, 2.45) is 0 Å². The molecule has 0 bridgehead atoms. The molecule has 0 heterocycles. The van der Waals surface area contributed by atoms with E-state index in [4.69, 9.17) is 27.9 Å². The summed E-state index contributed by atoms with van der Waals surface area (Å²) in [6.45, 7) is 3.83. The molecule has 0 radical (unpaired) electrons. The van der Waals surface area contributed by atoms with Crippen LogP contribution in [0.15, 0.2) is 42.5 Å². The maximum Gasteiger partial charge on any atom is 0.244 e. The molecule has 0 saturated heterocycles. The molecule has 2 rings (SSSR count). The number of ether oxygens (including phenoxy) is 1. The summed E-state index contributed by atoms with van der Waals surface area (Å²) >= 11 is 12.3. The van der Waals surface area contributed by atoms with Gasteiger partial charge >= 0.3 is 0 Å². The zero-order chi connectivity index (χ0) is 26.9. The van der Waals surface area contributed by atoms with Crippen LogP contribution in [0.4, 0.5) is 5.69 Å². The molecular weight excluding hydrogens is 525 g/mol. The number of anilines is 1. The van der Waals surface area contributed by atoms with Gasteiger partial charge in [-0.2, -0.15) is 0 Å². The Bertz CT molecular complexity index is 1160. The van der Waals surface area contributed by atoms with Gasteiger partial charge < -0.3 is 15.0 Å². The Morgan fingerprint density at radius 1 is 1.11 bits per heavy atom. The number of sulfonamides is 1. The molecule has 0 fully saturated rings. The third kappa shape index (κ3) is 8.28. The average molecular weight is 559 g/mol. The summed E-state index contributed by atoms with van der Waals surface area (Å²) in [6.07, 6.45) is 3.04. The van der Waals surface area contributed by atoms with Crippen molar-refractivity contribution in [1.82, 2.24) is 10.2 Å². The number of methoxy groups -OCH3 is 1. The summed E-state index contributed by atoms with van der Waals surface area (Å²) in [5, 5.41) is 3.28. The van der Waals surface area contributed by atoms with Crippen LogP contribution in [0.1, 0.15) is 38.7 Å². The van der Waals surface area contributed by atoms with Gasteiger partial charge in [0, 0.05) is 18.1 Å². The minimum absolute atomic E-state index is 0.0800. The lowest BCUT2D eigenvalue weighted by molar-refractivity contribution is -0.140. The first-order chi connectivity index (χ1) is 17.0. The Hall–Kier alpha value is -2.49. The Labute approximate surface area is 223 Å². The van der Waals surface area contributed by atoms with E-state index in [-0.39, 0.29) is 28.2 Å². The number of amides is 2. The van der Waals surface area contributed by atoms with Crippen molar-refractivity contribution in [2.75, 3.05) is 30.8 Å². The summed E-state index contributed by atoms with van der Waals surface area (Å²) in [5.74, 6) is -0.255. The molecule has 1 unspecified atom stereocenters. The number of unbranched alkanes of at least 4 members (excludes halogenated alkanes) is 1. The van der Waals surface area contributed by atoms with Gasteiger partial charge in [0.1, 0.15) is 18.3 Å². The Morgan fingerprint density at radius 3 is 2.44 bits per heavy atom. The topological polar surface area (TPSA) is 96.0 Å². The number of benzene rings is 2. The summed E-state index contributed by atoms with van der Waals surface area (Å²) in [7, 11) is -2.38. The Morgan fingerprint density at radius 2 is 1.83 bits per heavy atom. The van der Waals surface area contributed by atoms with Gasteiger partial charge in [0.25, 0.3) is 0 Å². The quantitative estimate of drug-likeness (QED) is 0.366. The molecule has 0 aliphatic heterocycles. The third-order valence-electron chi connectivity index (χ3n) is 5.56. The zero-order valence-electron chi connectivity index (χ0n) is 21.0. The highest BCUT2D eigenvalue weighted by Crippen LogP contribution is 2.31. The van der Waals surface area contributed by atoms with Crippen molar-refractivity contribution in [2.45, 2.75) is 45.7 Å². The predicted octanol–water partition coefficient (Wildman–Crippen LogP) is 4.49. The maximum atomic E-state index is 13.7. The minimum Gasteiger partial charge on any atom is -0.497 e. The summed E-state index contributed by atoms with van der Waals surface area (Å²) < 4.78 is 31.6. The molecule has 0 spiro atoms. The van der Waals surface area contributed by atoms with Gasteiger partial charge in [0.05, 0.1) is 24.1 Å². The summed E-state index contributed by atoms with van der Waals surface area (Å²) in [4.78, 5) is 28.2. The number of halogens is 2. The lowest BCUT2D eigenvalue weighted by atomic mass is 10.1. The molecule has 0 aliphatic carbocycles. The van der Waals surface area contributed by atoms with Crippen LogP contribution in [-0.2, 0) is 26.2 Å². The van der Waals surface area contributed by atoms with Crippen molar-refractivity contribution in [3.63, 3.8) is 0 Å². The molecule has 36 heavy (non-hydrogen) atoms. The highest BCUT2D eigenvalue weighted by Gasteiger charge is 2.32. The van der Waals surface area contributed by atoms with E-state index in [1.54, 1.807) is 25.1 Å². The van der Waals surface area contributed by atoms with Gasteiger partial charge in [-0.05, 0) is 48.7 Å². The lowest BCUT2D eigenvalue weighted by Crippen LogP contribution is -2.52. The van der Waals surface area contributed by atoms with Gasteiger partial charge in [-0.1, -0.05) is 55.6 Å². The fraction of sp³-hybridized carbons (Fsp3) is 0.440. The van der Waals surface area contributed by atoms with Crippen LogP contribution < -0.4 is 14.4 Å². The van der Waals surface area contributed by atoms with Crippen LogP contribution in [0.2, 0.25) is 10.0 Å². The highest BCUT2D eigenvalue weighted by atomic mass is 35.5. The second kappa shape index (κ2) is 13.7. The van der Waals surface area contributed by atoms with Gasteiger partial charge in [-0.3, -0.25) is 13.9 Å². The molecule has 1 atom stereocenters. The van der Waals surface area contributed by atoms with Crippen LogP contribution in [-0.4, -0.2) is 57.6 Å².